The fourth-order valence-corrected chi connectivity index (χ4v) is 2.01. The van der Waals surface area contributed by atoms with Crippen LogP contribution >= 0.6 is 0 Å². The van der Waals surface area contributed by atoms with E-state index in [2.05, 4.69) is 29.2 Å². The highest BCUT2D eigenvalue weighted by molar-refractivity contribution is 5.16. The first-order valence-corrected chi connectivity index (χ1v) is 6.61. The molecule has 0 unspecified atom stereocenters. The molecule has 5 heteroatoms. The molecule has 2 rings (SSSR count). The van der Waals surface area contributed by atoms with Crippen molar-refractivity contribution in [1.29, 1.82) is 0 Å². The summed E-state index contributed by atoms with van der Waals surface area (Å²) in [6.45, 7) is 5.53. The van der Waals surface area contributed by atoms with Gasteiger partial charge >= 0.3 is 0 Å². The average molecular weight is 262 g/mol. The Hall–Kier alpha value is -1.59. The molecule has 2 heterocycles. The van der Waals surface area contributed by atoms with E-state index in [4.69, 9.17) is 4.42 Å². The summed E-state index contributed by atoms with van der Waals surface area (Å²) in [6.07, 6.45) is 5.55. The van der Waals surface area contributed by atoms with Crippen molar-refractivity contribution in [3.8, 4) is 0 Å². The Morgan fingerprint density at radius 3 is 2.95 bits per heavy atom. The van der Waals surface area contributed by atoms with Gasteiger partial charge in [-0.1, -0.05) is 6.92 Å². The Morgan fingerprint density at radius 1 is 1.42 bits per heavy atom. The Labute approximate surface area is 114 Å². The molecule has 0 spiro atoms. The lowest BCUT2D eigenvalue weighted by molar-refractivity contribution is 0.277. The first-order valence-electron chi connectivity index (χ1n) is 6.61. The van der Waals surface area contributed by atoms with Crippen LogP contribution in [-0.2, 0) is 26.7 Å². The monoisotopic (exact) mass is 262 g/mol. The smallest absolute Gasteiger partial charge is 0.122 e. The number of rotatable bonds is 7. The summed E-state index contributed by atoms with van der Waals surface area (Å²) in [5, 5.41) is 3.32. The van der Waals surface area contributed by atoms with Crippen molar-refractivity contribution in [2.45, 2.75) is 26.6 Å². The molecule has 2 aromatic heterocycles. The maximum absolute atomic E-state index is 5.57. The van der Waals surface area contributed by atoms with Gasteiger partial charge < -0.3 is 14.3 Å². The molecule has 0 aliphatic rings. The Kier molecular flexibility index (Phi) is 4.76. The molecule has 2 aromatic rings. The van der Waals surface area contributed by atoms with Crippen molar-refractivity contribution >= 4 is 0 Å². The summed E-state index contributed by atoms with van der Waals surface area (Å²) >= 11 is 0. The molecule has 1 N–H and O–H groups in total. The summed E-state index contributed by atoms with van der Waals surface area (Å²) in [5.41, 5.74) is 1.23. The summed E-state index contributed by atoms with van der Waals surface area (Å²) in [5.74, 6) is 2.08. The van der Waals surface area contributed by atoms with Gasteiger partial charge in [-0.25, -0.2) is 4.98 Å². The van der Waals surface area contributed by atoms with E-state index >= 15 is 0 Å². The lowest BCUT2D eigenvalue weighted by atomic mass is 10.2. The maximum Gasteiger partial charge on any atom is 0.122 e. The van der Waals surface area contributed by atoms with E-state index in [1.165, 1.54) is 5.56 Å². The lowest BCUT2D eigenvalue weighted by Crippen LogP contribution is -2.21. The number of nitrogens with one attached hydrogen (secondary N) is 1. The van der Waals surface area contributed by atoms with Gasteiger partial charge in [0.1, 0.15) is 11.6 Å². The molecule has 0 aliphatic heterocycles. The van der Waals surface area contributed by atoms with Gasteiger partial charge in [-0.15, -0.1) is 0 Å². The minimum Gasteiger partial charge on any atom is -0.468 e. The highest BCUT2D eigenvalue weighted by Gasteiger charge is 2.10. The van der Waals surface area contributed by atoms with Gasteiger partial charge in [0.2, 0.25) is 0 Å². The normalized spacial score (nSPS) is 11.4. The molecule has 0 saturated carbocycles. The SMILES string of the molecule is CCNCc1ccoc1CN(C)Cc1nccn1C. The predicted molar refractivity (Wildman–Crippen MR) is 74.5 cm³/mol. The second-order valence-corrected chi connectivity index (χ2v) is 4.78. The van der Waals surface area contributed by atoms with Gasteiger partial charge in [-0.05, 0) is 19.7 Å². The predicted octanol–water partition coefficient (Wildman–Crippen LogP) is 1.75. The molecule has 0 aliphatic carbocycles. The zero-order valence-corrected chi connectivity index (χ0v) is 11.9. The molecule has 0 atom stereocenters. The number of furan rings is 1. The standard InChI is InChI=1S/C14H22N4O/c1-4-15-9-12-5-8-19-13(12)10-17(2)11-14-16-6-7-18(14)3/h5-8,15H,4,9-11H2,1-3H3. The third kappa shape index (κ3) is 3.68. The van der Waals surface area contributed by atoms with Crippen LogP contribution in [0.4, 0.5) is 0 Å². The molecule has 104 valence electrons. The topological polar surface area (TPSA) is 46.2 Å². The molecule has 0 aromatic carbocycles. The van der Waals surface area contributed by atoms with Gasteiger partial charge in [0, 0.05) is 31.5 Å². The second kappa shape index (κ2) is 6.54. The first kappa shape index (κ1) is 13.8. The highest BCUT2D eigenvalue weighted by atomic mass is 16.3. The lowest BCUT2D eigenvalue weighted by Gasteiger charge is -2.15. The zero-order valence-electron chi connectivity index (χ0n) is 11.9. The van der Waals surface area contributed by atoms with E-state index in [-0.39, 0.29) is 0 Å². The van der Waals surface area contributed by atoms with Crippen LogP contribution < -0.4 is 5.32 Å². The van der Waals surface area contributed by atoms with Crippen LogP contribution in [-0.4, -0.2) is 28.0 Å². The van der Waals surface area contributed by atoms with Crippen molar-refractivity contribution in [1.82, 2.24) is 19.8 Å². The van der Waals surface area contributed by atoms with Crippen LogP contribution in [0.2, 0.25) is 0 Å². The van der Waals surface area contributed by atoms with Crippen molar-refractivity contribution in [3.63, 3.8) is 0 Å². The fourth-order valence-electron chi connectivity index (χ4n) is 2.01. The number of hydrogen-bond acceptors (Lipinski definition) is 4. The minimum atomic E-state index is 0.792. The summed E-state index contributed by atoms with van der Waals surface area (Å²) < 4.78 is 7.61. The van der Waals surface area contributed by atoms with Crippen molar-refractivity contribution < 1.29 is 4.42 Å². The van der Waals surface area contributed by atoms with Crippen LogP contribution in [0.5, 0.6) is 0 Å². The number of imidazole rings is 1. The molecular formula is C14H22N4O. The van der Waals surface area contributed by atoms with Crippen LogP contribution in [0.15, 0.2) is 29.1 Å². The molecule has 0 fully saturated rings. The van der Waals surface area contributed by atoms with E-state index in [0.29, 0.717) is 0 Å². The zero-order chi connectivity index (χ0) is 13.7. The molecule has 5 nitrogen and oxygen atoms in total. The number of hydrogen-bond donors (Lipinski definition) is 1. The molecule has 19 heavy (non-hydrogen) atoms. The van der Waals surface area contributed by atoms with Crippen molar-refractivity contribution in [3.05, 3.63) is 41.9 Å². The van der Waals surface area contributed by atoms with Crippen LogP contribution in [0.3, 0.4) is 0 Å². The highest BCUT2D eigenvalue weighted by Crippen LogP contribution is 2.13. The van der Waals surface area contributed by atoms with Crippen LogP contribution in [0.1, 0.15) is 24.1 Å². The van der Waals surface area contributed by atoms with Gasteiger partial charge in [0.15, 0.2) is 0 Å². The molecule has 0 bridgehead atoms. The first-order chi connectivity index (χ1) is 9.20. The van der Waals surface area contributed by atoms with Gasteiger partial charge in [0.25, 0.3) is 0 Å². The number of nitrogens with zero attached hydrogens (tertiary/aromatic N) is 3. The third-order valence-electron chi connectivity index (χ3n) is 3.15. The van der Waals surface area contributed by atoms with Crippen LogP contribution in [0, 0.1) is 0 Å². The maximum atomic E-state index is 5.57. The Bertz CT molecular complexity index is 503. The van der Waals surface area contributed by atoms with E-state index in [9.17, 15) is 0 Å². The second-order valence-electron chi connectivity index (χ2n) is 4.78. The minimum absolute atomic E-state index is 0.792. The largest absolute Gasteiger partial charge is 0.468 e. The third-order valence-corrected chi connectivity index (χ3v) is 3.15. The average Bonchev–Trinajstić information content (AvgIpc) is 2.97. The summed E-state index contributed by atoms with van der Waals surface area (Å²) in [6, 6.07) is 2.03. The summed E-state index contributed by atoms with van der Waals surface area (Å²) in [7, 11) is 4.09. The van der Waals surface area contributed by atoms with E-state index in [1.807, 2.05) is 30.1 Å². The quantitative estimate of drug-likeness (QED) is 0.826. The molecular weight excluding hydrogens is 240 g/mol. The van der Waals surface area contributed by atoms with Crippen molar-refractivity contribution in [2.75, 3.05) is 13.6 Å². The number of aromatic nitrogens is 2. The molecule has 0 saturated heterocycles. The Morgan fingerprint density at radius 2 is 2.26 bits per heavy atom. The van der Waals surface area contributed by atoms with Crippen LogP contribution in [0.25, 0.3) is 0 Å². The van der Waals surface area contributed by atoms with Gasteiger partial charge in [0.05, 0.1) is 19.4 Å². The molecule has 0 radical (unpaired) electrons. The van der Waals surface area contributed by atoms with E-state index in [0.717, 1.165) is 37.8 Å². The molecule has 0 amide bonds. The van der Waals surface area contributed by atoms with E-state index in [1.54, 1.807) is 6.26 Å². The van der Waals surface area contributed by atoms with Gasteiger partial charge in [-0.2, -0.15) is 0 Å². The van der Waals surface area contributed by atoms with E-state index < -0.39 is 0 Å². The summed E-state index contributed by atoms with van der Waals surface area (Å²) in [4.78, 5) is 6.54. The van der Waals surface area contributed by atoms with Crippen molar-refractivity contribution in [2.24, 2.45) is 7.05 Å². The Balaban J connectivity index is 1.93. The fraction of sp³-hybridized carbons (Fsp3) is 0.500. The van der Waals surface area contributed by atoms with Gasteiger partial charge in [-0.3, -0.25) is 4.90 Å². The number of aryl methyl sites for hydroxylation is 1.